The highest BCUT2D eigenvalue weighted by molar-refractivity contribution is 5.83. The maximum Gasteiger partial charge on any atom is 0.416 e. The number of alkyl halides is 3. The van der Waals surface area contributed by atoms with Crippen LogP contribution in [0.25, 0.3) is 11.0 Å². The minimum Gasteiger partial charge on any atom is -0.383 e. The fourth-order valence-electron chi connectivity index (χ4n) is 3.96. The van der Waals surface area contributed by atoms with Crippen molar-refractivity contribution in [3.05, 3.63) is 54.1 Å². The topological polar surface area (TPSA) is 62.6 Å². The number of para-hydroxylation sites is 2. The Bertz CT molecular complexity index is 1110. The summed E-state index contributed by atoms with van der Waals surface area (Å²) >= 11 is 0. The first-order chi connectivity index (χ1) is 15.9. The standard InChI is InChI=1S/C23H26F3N5O2/c1-33-14-9-27-22-28-19-7-2-3-8-20(19)31(22)16-21(32)30-12-10-29(11-13-30)18-6-4-5-17(15-18)23(24,25)26/h2-8,15H,9-14,16H2,1H3,(H,27,28). The minimum atomic E-state index is -4.38. The van der Waals surface area contributed by atoms with Crippen LogP contribution in [0.2, 0.25) is 0 Å². The second-order valence-corrected chi connectivity index (χ2v) is 7.85. The van der Waals surface area contributed by atoms with Crippen molar-refractivity contribution in [1.82, 2.24) is 14.5 Å². The number of piperazine rings is 1. The largest absolute Gasteiger partial charge is 0.416 e. The lowest BCUT2D eigenvalue weighted by Crippen LogP contribution is -2.49. The van der Waals surface area contributed by atoms with E-state index < -0.39 is 11.7 Å². The monoisotopic (exact) mass is 461 g/mol. The van der Waals surface area contributed by atoms with Crippen LogP contribution in [0.5, 0.6) is 0 Å². The molecular weight excluding hydrogens is 435 g/mol. The third kappa shape index (κ3) is 5.22. The predicted molar refractivity (Wildman–Crippen MR) is 120 cm³/mol. The molecule has 0 atom stereocenters. The number of aromatic nitrogens is 2. The fourth-order valence-corrected chi connectivity index (χ4v) is 3.96. The summed E-state index contributed by atoms with van der Waals surface area (Å²) in [4.78, 5) is 21.3. The SMILES string of the molecule is COCCNc1nc2ccccc2n1CC(=O)N1CCN(c2cccc(C(F)(F)F)c2)CC1. The minimum absolute atomic E-state index is 0.0587. The number of hydrogen-bond donors (Lipinski definition) is 1. The average Bonchev–Trinajstić information content (AvgIpc) is 3.16. The van der Waals surface area contributed by atoms with Crippen molar-refractivity contribution in [3.63, 3.8) is 0 Å². The number of nitrogens with zero attached hydrogens (tertiary/aromatic N) is 4. The average molecular weight is 461 g/mol. The number of carbonyl (C=O) groups excluding carboxylic acids is 1. The number of imidazole rings is 1. The first-order valence-corrected chi connectivity index (χ1v) is 10.7. The molecule has 176 valence electrons. The van der Waals surface area contributed by atoms with E-state index in [2.05, 4.69) is 10.3 Å². The summed E-state index contributed by atoms with van der Waals surface area (Å²) in [5, 5.41) is 3.21. The van der Waals surface area contributed by atoms with Gasteiger partial charge < -0.3 is 24.4 Å². The van der Waals surface area contributed by atoms with Crippen molar-refractivity contribution in [1.29, 1.82) is 0 Å². The quantitative estimate of drug-likeness (QED) is 0.546. The number of ether oxygens (including phenoxy) is 1. The summed E-state index contributed by atoms with van der Waals surface area (Å²) in [5.41, 5.74) is 1.49. The number of halogens is 3. The van der Waals surface area contributed by atoms with E-state index in [1.807, 2.05) is 33.7 Å². The van der Waals surface area contributed by atoms with Crippen molar-refractivity contribution in [2.75, 3.05) is 56.7 Å². The van der Waals surface area contributed by atoms with Crippen LogP contribution in [0.4, 0.5) is 24.8 Å². The first kappa shape index (κ1) is 22.9. The van der Waals surface area contributed by atoms with Gasteiger partial charge in [-0.1, -0.05) is 18.2 Å². The second-order valence-electron chi connectivity index (χ2n) is 7.85. The van der Waals surface area contributed by atoms with E-state index in [4.69, 9.17) is 4.74 Å². The molecule has 1 N–H and O–H groups in total. The summed E-state index contributed by atoms with van der Waals surface area (Å²) < 4.78 is 46.0. The van der Waals surface area contributed by atoms with Gasteiger partial charge in [0.05, 0.1) is 23.2 Å². The highest BCUT2D eigenvalue weighted by Gasteiger charge is 2.31. The van der Waals surface area contributed by atoms with Gasteiger partial charge in [0.2, 0.25) is 11.9 Å². The molecule has 2 aromatic carbocycles. The molecule has 0 saturated carbocycles. The molecule has 1 aliphatic rings. The van der Waals surface area contributed by atoms with Gasteiger partial charge in [-0.3, -0.25) is 4.79 Å². The molecule has 0 bridgehead atoms. The summed E-state index contributed by atoms with van der Waals surface area (Å²) in [7, 11) is 1.62. The van der Waals surface area contributed by atoms with Gasteiger partial charge >= 0.3 is 6.18 Å². The molecule has 0 aliphatic carbocycles. The van der Waals surface area contributed by atoms with Crippen LogP contribution in [-0.4, -0.2) is 66.8 Å². The van der Waals surface area contributed by atoms with Crippen LogP contribution in [0.3, 0.4) is 0 Å². The zero-order valence-electron chi connectivity index (χ0n) is 18.3. The molecule has 4 rings (SSSR count). The highest BCUT2D eigenvalue weighted by Crippen LogP contribution is 2.32. The Kier molecular flexibility index (Phi) is 6.73. The van der Waals surface area contributed by atoms with Gasteiger partial charge in [0.15, 0.2) is 0 Å². The summed E-state index contributed by atoms with van der Waals surface area (Å²) in [6, 6.07) is 12.9. The fraction of sp³-hybridized carbons (Fsp3) is 0.391. The molecule has 3 aromatic rings. The molecule has 0 spiro atoms. The molecule has 0 unspecified atom stereocenters. The van der Waals surface area contributed by atoms with Gasteiger partial charge in [0.1, 0.15) is 6.54 Å². The van der Waals surface area contributed by atoms with Gasteiger partial charge in [-0.15, -0.1) is 0 Å². The Balaban J connectivity index is 1.43. The van der Waals surface area contributed by atoms with Crippen molar-refractivity contribution in [3.8, 4) is 0 Å². The molecule has 1 fully saturated rings. The van der Waals surface area contributed by atoms with Crippen LogP contribution in [0.15, 0.2) is 48.5 Å². The van der Waals surface area contributed by atoms with Gasteiger partial charge in [0.25, 0.3) is 0 Å². The van der Waals surface area contributed by atoms with E-state index in [1.54, 1.807) is 18.1 Å². The lowest BCUT2D eigenvalue weighted by atomic mass is 10.1. The maximum atomic E-state index is 13.1. The van der Waals surface area contributed by atoms with E-state index in [-0.39, 0.29) is 12.5 Å². The lowest BCUT2D eigenvalue weighted by Gasteiger charge is -2.36. The summed E-state index contributed by atoms with van der Waals surface area (Å²) in [6.45, 7) is 3.01. The number of amides is 1. The Morgan fingerprint density at radius 1 is 1.09 bits per heavy atom. The van der Waals surface area contributed by atoms with Crippen molar-refractivity contribution in [2.45, 2.75) is 12.7 Å². The number of benzene rings is 2. The summed E-state index contributed by atoms with van der Waals surface area (Å²) in [5.74, 6) is 0.542. The van der Waals surface area contributed by atoms with Crippen LogP contribution in [-0.2, 0) is 22.3 Å². The summed E-state index contributed by atoms with van der Waals surface area (Å²) in [6.07, 6.45) is -4.38. The van der Waals surface area contributed by atoms with E-state index in [1.165, 1.54) is 6.07 Å². The van der Waals surface area contributed by atoms with E-state index >= 15 is 0 Å². The lowest BCUT2D eigenvalue weighted by molar-refractivity contribution is -0.137. The third-order valence-electron chi connectivity index (χ3n) is 5.71. The number of methoxy groups -OCH3 is 1. The number of nitrogens with one attached hydrogen (secondary N) is 1. The molecule has 7 nitrogen and oxygen atoms in total. The Hall–Kier alpha value is -3.27. The predicted octanol–water partition coefficient (Wildman–Crippen LogP) is 3.46. The molecule has 0 radical (unpaired) electrons. The number of hydrogen-bond acceptors (Lipinski definition) is 5. The maximum absolute atomic E-state index is 13.1. The second kappa shape index (κ2) is 9.70. The molecule has 1 saturated heterocycles. The Morgan fingerprint density at radius 3 is 2.58 bits per heavy atom. The van der Waals surface area contributed by atoms with Gasteiger partial charge in [-0.25, -0.2) is 4.98 Å². The Morgan fingerprint density at radius 2 is 1.85 bits per heavy atom. The van der Waals surface area contributed by atoms with E-state index in [0.717, 1.165) is 23.2 Å². The molecule has 1 aromatic heterocycles. The molecule has 10 heteroatoms. The molecule has 33 heavy (non-hydrogen) atoms. The smallest absolute Gasteiger partial charge is 0.383 e. The number of fused-ring (bicyclic) bond motifs is 1. The molecule has 1 amide bonds. The zero-order valence-corrected chi connectivity index (χ0v) is 18.3. The number of carbonyl (C=O) groups is 1. The van der Waals surface area contributed by atoms with Gasteiger partial charge in [-0.05, 0) is 30.3 Å². The van der Waals surface area contributed by atoms with Gasteiger partial charge in [-0.2, -0.15) is 13.2 Å². The Labute approximate surface area is 189 Å². The molecule has 2 heterocycles. The third-order valence-corrected chi connectivity index (χ3v) is 5.71. The van der Waals surface area contributed by atoms with Gasteiger partial charge in [0, 0.05) is 45.5 Å². The molecular formula is C23H26F3N5O2. The molecule has 1 aliphatic heterocycles. The zero-order chi connectivity index (χ0) is 23.4. The number of rotatable bonds is 7. The number of anilines is 2. The van der Waals surface area contributed by atoms with Crippen molar-refractivity contribution < 1.29 is 22.7 Å². The highest BCUT2D eigenvalue weighted by atomic mass is 19.4. The van der Waals surface area contributed by atoms with Crippen LogP contribution in [0.1, 0.15) is 5.56 Å². The first-order valence-electron chi connectivity index (χ1n) is 10.7. The van der Waals surface area contributed by atoms with Crippen LogP contribution >= 0.6 is 0 Å². The van der Waals surface area contributed by atoms with E-state index in [9.17, 15) is 18.0 Å². The normalized spacial score (nSPS) is 14.7. The van der Waals surface area contributed by atoms with Crippen LogP contribution in [0, 0.1) is 0 Å². The van der Waals surface area contributed by atoms with E-state index in [0.29, 0.717) is 51.0 Å². The van der Waals surface area contributed by atoms with Crippen molar-refractivity contribution in [2.24, 2.45) is 0 Å². The van der Waals surface area contributed by atoms with Crippen molar-refractivity contribution >= 4 is 28.6 Å². The van der Waals surface area contributed by atoms with Crippen LogP contribution < -0.4 is 10.2 Å².